The summed E-state index contributed by atoms with van der Waals surface area (Å²) in [5.41, 5.74) is 5.46. The van der Waals surface area contributed by atoms with Gasteiger partial charge in [-0.15, -0.1) is 0 Å². The topological polar surface area (TPSA) is 21.3 Å². The van der Waals surface area contributed by atoms with E-state index in [9.17, 15) is 0 Å². The third kappa shape index (κ3) is 2.24. The van der Waals surface area contributed by atoms with Crippen molar-refractivity contribution < 1.29 is 4.74 Å². The van der Waals surface area contributed by atoms with Crippen LogP contribution in [0.2, 0.25) is 0 Å². The molecule has 0 fully saturated rings. The molecule has 1 N–H and O–H groups in total. The molecule has 1 heterocycles. The summed E-state index contributed by atoms with van der Waals surface area (Å²) >= 11 is 0. The highest BCUT2D eigenvalue weighted by molar-refractivity contribution is 5.45. The summed E-state index contributed by atoms with van der Waals surface area (Å²) in [5, 5.41) is 3.63. The molecule has 0 saturated carbocycles. The maximum atomic E-state index is 5.37. The molecular weight excluding hydrogens is 234 g/mol. The van der Waals surface area contributed by atoms with E-state index in [2.05, 4.69) is 54.7 Å². The number of fused-ring (bicyclic) bond motifs is 1. The van der Waals surface area contributed by atoms with Crippen molar-refractivity contribution in [3.05, 3.63) is 64.7 Å². The van der Waals surface area contributed by atoms with Crippen molar-refractivity contribution in [3.8, 4) is 5.75 Å². The highest BCUT2D eigenvalue weighted by Crippen LogP contribution is 2.32. The van der Waals surface area contributed by atoms with Crippen LogP contribution in [-0.4, -0.2) is 13.7 Å². The van der Waals surface area contributed by atoms with Crippen LogP contribution in [0.1, 0.15) is 28.3 Å². The molecule has 2 nitrogen and oxygen atoms in total. The average Bonchev–Trinajstić information content (AvgIpc) is 2.47. The molecule has 0 radical (unpaired) electrons. The lowest BCUT2D eigenvalue weighted by Gasteiger charge is -2.28. The summed E-state index contributed by atoms with van der Waals surface area (Å²) in [7, 11) is 1.72. The maximum Gasteiger partial charge on any atom is 0.119 e. The molecule has 19 heavy (non-hydrogen) atoms. The Labute approximate surface area is 114 Å². The molecule has 2 heteroatoms. The number of benzene rings is 2. The molecule has 98 valence electrons. The van der Waals surface area contributed by atoms with E-state index in [-0.39, 0.29) is 6.04 Å². The Morgan fingerprint density at radius 1 is 1.11 bits per heavy atom. The molecule has 0 saturated heterocycles. The van der Waals surface area contributed by atoms with Crippen LogP contribution in [0.25, 0.3) is 0 Å². The van der Waals surface area contributed by atoms with Crippen molar-refractivity contribution in [2.24, 2.45) is 0 Å². The van der Waals surface area contributed by atoms with Crippen molar-refractivity contribution in [1.29, 1.82) is 0 Å². The van der Waals surface area contributed by atoms with Gasteiger partial charge in [-0.05, 0) is 47.7 Å². The van der Waals surface area contributed by atoms with Gasteiger partial charge in [-0.3, -0.25) is 0 Å². The fourth-order valence-electron chi connectivity index (χ4n) is 2.85. The molecule has 0 amide bonds. The third-order valence-electron chi connectivity index (χ3n) is 3.91. The second-order valence-corrected chi connectivity index (χ2v) is 5.06. The van der Waals surface area contributed by atoms with Crippen LogP contribution < -0.4 is 10.1 Å². The Bertz CT molecular complexity index is 592. The maximum absolute atomic E-state index is 5.37. The number of hydrogen-bond acceptors (Lipinski definition) is 2. The predicted octanol–water partition coefficient (Wildman–Crippen LogP) is 3.24. The Hall–Kier alpha value is -1.80. The first-order valence-corrected chi connectivity index (χ1v) is 6.75. The molecule has 1 aliphatic heterocycles. The zero-order valence-corrected chi connectivity index (χ0v) is 11.4. The van der Waals surface area contributed by atoms with E-state index in [4.69, 9.17) is 4.74 Å². The lowest BCUT2D eigenvalue weighted by atomic mass is 9.88. The second kappa shape index (κ2) is 5.06. The number of aryl methyl sites for hydroxylation is 1. The highest BCUT2D eigenvalue weighted by atomic mass is 16.5. The first-order chi connectivity index (χ1) is 9.29. The van der Waals surface area contributed by atoms with Crippen molar-refractivity contribution in [3.63, 3.8) is 0 Å². The predicted molar refractivity (Wildman–Crippen MR) is 77.7 cm³/mol. The van der Waals surface area contributed by atoms with E-state index in [1.54, 1.807) is 7.11 Å². The Morgan fingerprint density at radius 2 is 1.95 bits per heavy atom. The van der Waals surface area contributed by atoms with Gasteiger partial charge in [-0.1, -0.05) is 30.3 Å². The van der Waals surface area contributed by atoms with E-state index >= 15 is 0 Å². The summed E-state index contributed by atoms with van der Waals surface area (Å²) < 4.78 is 5.37. The SMILES string of the molecule is COc1ccc2c(c1)C(c1ccccc1C)NCC2. The van der Waals surface area contributed by atoms with Crippen molar-refractivity contribution in [2.45, 2.75) is 19.4 Å². The molecule has 0 bridgehead atoms. The van der Waals surface area contributed by atoms with Gasteiger partial charge in [0, 0.05) is 6.54 Å². The number of ether oxygens (including phenoxy) is 1. The molecule has 3 rings (SSSR count). The minimum Gasteiger partial charge on any atom is -0.497 e. The molecule has 0 aliphatic carbocycles. The fourth-order valence-corrected chi connectivity index (χ4v) is 2.85. The van der Waals surface area contributed by atoms with Gasteiger partial charge in [0.15, 0.2) is 0 Å². The molecule has 2 aromatic rings. The standard InChI is InChI=1S/C17H19NO/c1-12-5-3-4-6-15(12)17-16-11-14(19-2)8-7-13(16)9-10-18-17/h3-8,11,17-18H,9-10H2,1-2H3. The smallest absolute Gasteiger partial charge is 0.119 e. The van der Waals surface area contributed by atoms with Crippen LogP contribution >= 0.6 is 0 Å². The summed E-state index contributed by atoms with van der Waals surface area (Å²) in [5.74, 6) is 0.932. The number of nitrogens with one attached hydrogen (secondary N) is 1. The van der Waals surface area contributed by atoms with E-state index < -0.39 is 0 Å². The van der Waals surface area contributed by atoms with Crippen LogP contribution in [-0.2, 0) is 6.42 Å². The summed E-state index contributed by atoms with van der Waals surface area (Å²) in [6.45, 7) is 3.20. The minimum atomic E-state index is 0.278. The van der Waals surface area contributed by atoms with E-state index in [0.717, 1.165) is 18.7 Å². The zero-order chi connectivity index (χ0) is 13.2. The highest BCUT2D eigenvalue weighted by Gasteiger charge is 2.22. The van der Waals surface area contributed by atoms with E-state index in [1.807, 2.05) is 0 Å². The van der Waals surface area contributed by atoms with Crippen LogP contribution in [0.3, 0.4) is 0 Å². The minimum absolute atomic E-state index is 0.278. The normalized spacial score (nSPS) is 17.9. The zero-order valence-electron chi connectivity index (χ0n) is 11.4. The summed E-state index contributed by atoms with van der Waals surface area (Å²) in [4.78, 5) is 0. The molecule has 1 atom stereocenters. The summed E-state index contributed by atoms with van der Waals surface area (Å²) in [6.07, 6.45) is 1.09. The van der Waals surface area contributed by atoms with Gasteiger partial charge < -0.3 is 10.1 Å². The molecule has 0 spiro atoms. The van der Waals surface area contributed by atoms with Gasteiger partial charge in [0.2, 0.25) is 0 Å². The molecular formula is C17H19NO. The van der Waals surface area contributed by atoms with Crippen molar-refractivity contribution in [2.75, 3.05) is 13.7 Å². The largest absolute Gasteiger partial charge is 0.497 e. The number of rotatable bonds is 2. The average molecular weight is 253 g/mol. The van der Waals surface area contributed by atoms with Crippen LogP contribution in [0.5, 0.6) is 5.75 Å². The molecule has 1 aliphatic rings. The second-order valence-electron chi connectivity index (χ2n) is 5.06. The third-order valence-corrected chi connectivity index (χ3v) is 3.91. The lowest BCUT2D eigenvalue weighted by molar-refractivity contribution is 0.412. The first kappa shape index (κ1) is 12.2. The van der Waals surface area contributed by atoms with Gasteiger partial charge in [0.1, 0.15) is 5.75 Å². The van der Waals surface area contributed by atoms with Crippen LogP contribution in [0, 0.1) is 6.92 Å². The van der Waals surface area contributed by atoms with Gasteiger partial charge in [0.05, 0.1) is 13.2 Å². The van der Waals surface area contributed by atoms with Crippen molar-refractivity contribution in [1.82, 2.24) is 5.32 Å². The number of methoxy groups -OCH3 is 1. The van der Waals surface area contributed by atoms with Gasteiger partial charge in [-0.2, -0.15) is 0 Å². The summed E-state index contributed by atoms with van der Waals surface area (Å²) in [6, 6.07) is 15.3. The van der Waals surface area contributed by atoms with Gasteiger partial charge in [-0.25, -0.2) is 0 Å². The van der Waals surface area contributed by atoms with E-state index in [0.29, 0.717) is 0 Å². The first-order valence-electron chi connectivity index (χ1n) is 6.75. The van der Waals surface area contributed by atoms with Crippen LogP contribution in [0.15, 0.2) is 42.5 Å². The van der Waals surface area contributed by atoms with E-state index in [1.165, 1.54) is 22.3 Å². The number of hydrogen-bond donors (Lipinski definition) is 1. The Balaban J connectivity index is 2.09. The molecule has 1 unspecified atom stereocenters. The fraction of sp³-hybridized carbons (Fsp3) is 0.294. The monoisotopic (exact) mass is 253 g/mol. The van der Waals surface area contributed by atoms with Gasteiger partial charge >= 0.3 is 0 Å². The van der Waals surface area contributed by atoms with Gasteiger partial charge in [0.25, 0.3) is 0 Å². The lowest BCUT2D eigenvalue weighted by Crippen LogP contribution is -2.31. The Kier molecular flexibility index (Phi) is 3.26. The van der Waals surface area contributed by atoms with Crippen molar-refractivity contribution >= 4 is 0 Å². The van der Waals surface area contributed by atoms with Crippen LogP contribution in [0.4, 0.5) is 0 Å². The Morgan fingerprint density at radius 3 is 2.74 bits per heavy atom. The quantitative estimate of drug-likeness (QED) is 0.887. The molecule has 2 aromatic carbocycles. The molecule has 0 aromatic heterocycles.